The first kappa shape index (κ1) is 22.8. The molecule has 0 saturated heterocycles. The minimum Gasteiger partial charge on any atom is -0.467 e. The number of methoxy groups -OCH3 is 1. The molecular weight excluding hydrogens is 402 g/mol. The van der Waals surface area contributed by atoms with E-state index >= 15 is 0 Å². The Balaban J connectivity index is 1.89. The van der Waals surface area contributed by atoms with Gasteiger partial charge in [-0.05, 0) is 26.3 Å². The number of hydrogen-bond donors (Lipinski definition) is 1. The number of ether oxygens (including phenoxy) is 3. The number of carbonyl (C=O) groups is 2. The number of rotatable bonds is 5. The first-order valence-electron chi connectivity index (χ1n) is 10.0. The number of aliphatic hydroxyl groups is 1. The maximum Gasteiger partial charge on any atom is 0.411 e. The van der Waals surface area contributed by atoms with Crippen molar-refractivity contribution in [2.75, 3.05) is 13.7 Å². The monoisotopic (exact) mass is 431 g/mol. The lowest BCUT2D eigenvalue weighted by Gasteiger charge is -2.37. The lowest BCUT2D eigenvalue weighted by Crippen LogP contribution is -2.48. The SMILES string of the molecule is COC(=O)C1c2c(c(COCc3ccccc3)nn2C)C(O)CN1C(=O)OC(C)(C)C. The highest BCUT2D eigenvalue weighted by molar-refractivity contribution is 5.83. The molecule has 1 N–H and O–H groups in total. The Morgan fingerprint density at radius 1 is 1.19 bits per heavy atom. The summed E-state index contributed by atoms with van der Waals surface area (Å²) in [7, 11) is 2.90. The van der Waals surface area contributed by atoms with Crippen LogP contribution in [0.5, 0.6) is 0 Å². The second kappa shape index (κ2) is 9.07. The van der Waals surface area contributed by atoms with E-state index in [-0.39, 0.29) is 13.2 Å². The molecule has 1 amide bonds. The van der Waals surface area contributed by atoms with Crippen molar-refractivity contribution in [2.45, 2.75) is 51.7 Å². The van der Waals surface area contributed by atoms with Crippen LogP contribution < -0.4 is 0 Å². The van der Waals surface area contributed by atoms with E-state index in [1.165, 1.54) is 16.7 Å². The van der Waals surface area contributed by atoms with Gasteiger partial charge in [0.25, 0.3) is 0 Å². The Labute approximate surface area is 181 Å². The highest BCUT2D eigenvalue weighted by Gasteiger charge is 2.45. The summed E-state index contributed by atoms with van der Waals surface area (Å²) in [4.78, 5) is 26.6. The van der Waals surface area contributed by atoms with Crippen molar-refractivity contribution < 1.29 is 28.9 Å². The van der Waals surface area contributed by atoms with Gasteiger partial charge in [-0.25, -0.2) is 9.59 Å². The first-order valence-corrected chi connectivity index (χ1v) is 10.0. The fraction of sp³-hybridized carbons (Fsp3) is 0.500. The summed E-state index contributed by atoms with van der Waals surface area (Å²) < 4.78 is 17.7. The largest absolute Gasteiger partial charge is 0.467 e. The number of aryl methyl sites for hydroxylation is 1. The van der Waals surface area contributed by atoms with Crippen LogP contribution in [0.3, 0.4) is 0 Å². The number of esters is 1. The third-order valence-corrected chi connectivity index (χ3v) is 4.88. The molecule has 2 atom stereocenters. The lowest BCUT2D eigenvalue weighted by molar-refractivity contribution is -0.148. The molecule has 2 aromatic rings. The van der Waals surface area contributed by atoms with Crippen LogP contribution in [0.4, 0.5) is 4.79 Å². The van der Waals surface area contributed by atoms with Gasteiger partial charge in [-0.1, -0.05) is 30.3 Å². The number of fused-ring (bicyclic) bond motifs is 1. The van der Waals surface area contributed by atoms with Gasteiger partial charge in [0.1, 0.15) is 11.7 Å². The van der Waals surface area contributed by atoms with Crippen molar-refractivity contribution in [1.82, 2.24) is 14.7 Å². The normalized spacial score (nSPS) is 18.5. The van der Waals surface area contributed by atoms with Gasteiger partial charge in [0.05, 0.1) is 38.3 Å². The van der Waals surface area contributed by atoms with E-state index in [4.69, 9.17) is 14.2 Å². The minimum atomic E-state index is -1.08. The molecule has 2 unspecified atom stereocenters. The standard InChI is InChI=1S/C22H29N3O6/c1-22(2,3)31-21(28)25-11-16(26)17-15(13-30-12-14-9-7-6-8-10-14)23-24(4)18(17)19(25)20(27)29-5/h6-10,16,19,26H,11-13H2,1-5H3. The number of hydrogen-bond acceptors (Lipinski definition) is 7. The number of nitrogens with zero attached hydrogens (tertiary/aromatic N) is 3. The Bertz CT molecular complexity index is 935. The van der Waals surface area contributed by atoms with Gasteiger partial charge in [-0.2, -0.15) is 5.10 Å². The second-order valence-electron chi connectivity index (χ2n) is 8.42. The predicted octanol–water partition coefficient (Wildman–Crippen LogP) is 2.64. The Hall–Kier alpha value is -2.91. The Kier molecular flexibility index (Phi) is 6.66. The summed E-state index contributed by atoms with van der Waals surface area (Å²) in [6.07, 6.45) is -1.76. The molecule has 31 heavy (non-hydrogen) atoms. The molecule has 9 heteroatoms. The van der Waals surface area contributed by atoms with Gasteiger partial charge >= 0.3 is 12.1 Å². The second-order valence-corrected chi connectivity index (χ2v) is 8.42. The van der Waals surface area contributed by atoms with Crippen molar-refractivity contribution >= 4 is 12.1 Å². The molecule has 0 bridgehead atoms. The third-order valence-electron chi connectivity index (χ3n) is 4.88. The van der Waals surface area contributed by atoms with Gasteiger partial charge < -0.3 is 19.3 Å². The smallest absolute Gasteiger partial charge is 0.411 e. The van der Waals surface area contributed by atoms with Crippen molar-refractivity contribution in [1.29, 1.82) is 0 Å². The fourth-order valence-electron chi connectivity index (χ4n) is 3.63. The highest BCUT2D eigenvalue weighted by Crippen LogP contribution is 2.38. The molecule has 1 aromatic heterocycles. The molecule has 1 aromatic carbocycles. The Morgan fingerprint density at radius 3 is 2.48 bits per heavy atom. The topological polar surface area (TPSA) is 103 Å². The van der Waals surface area contributed by atoms with Gasteiger partial charge in [0.2, 0.25) is 0 Å². The summed E-state index contributed by atoms with van der Waals surface area (Å²) >= 11 is 0. The number of amides is 1. The van der Waals surface area contributed by atoms with Gasteiger partial charge in [0.15, 0.2) is 6.04 Å². The van der Waals surface area contributed by atoms with E-state index in [2.05, 4.69) is 5.10 Å². The summed E-state index contributed by atoms with van der Waals surface area (Å²) in [5.74, 6) is -0.640. The van der Waals surface area contributed by atoms with Crippen molar-refractivity contribution in [3.63, 3.8) is 0 Å². The molecule has 0 saturated carbocycles. The van der Waals surface area contributed by atoms with Crippen LogP contribution in [0, 0.1) is 0 Å². The van der Waals surface area contributed by atoms with Gasteiger partial charge in [-0.15, -0.1) is 0 Å². The molecular formula is C22H29N3O6. The van der Waals surface area contributed by atoms with E-state index < -0.39 is 29.8 Å². The van der Waals surface area contributed by atoms with Gasteiger partial charge in [0, 0.05) is 12.6 Å². The molecule has 3 rings (SSSR count). The molecule has 0 spiro atoms. The molecule has 0 aliphatic carbocycles. The fourth-order valence-corrected chi connectivity index (χ4v) is 3.63. The van der Waals surface area contributed by atoms with E-state index in [9.17, 15) is 14.7 Å². The summed E-state index contributed by atoms with van der Waals surface area (Å²) in [5.41, 5.74) is 1.63. The zero-order valence-electron chi connectivity index (χ0n) is 18.5. The van der Waals surface area contributed by atoms with Crippen LogP contribution in [0.25, 0.3) is 0 Å². The van der Waals surface area contributed by atoms with E-state index in [0.717, 1.165) is 5.56 Å². The summed E-state index contributed by atoms with van der Waals surface area (Å²) in [6, 6.07) is 8.61. The van der Waals surface area contributed by atoms with E-state index in [0.29, 0.717) is 23.6 Å². The highest BCUT2D eigenvalue weighted by atomic mass is 16.6. The zero-order chi connectivity index (χ0) is 22.8. The zero-order valence-corrected chi connectivity index (χ0v) is 18.5. The number of benzene rings is 1. The van der Waals surface area contributed by atoms with Crippen molar-refractivity contribution in [2.24, 2.45) is 7.05 Å². The van der Waals surface area contributed by atoms with Gasteiger partial charge in [-0.3, -0.25) is 9.58 Å². The molecule has 1 aliphatic heterocycles. The van der Waals surface area contributed by atoms with E-state index in [1.54, 1.807) is 27.8 Å². The number of aliphatic hydroxyl groups excluding tert-OH is 1. The maximum atomic E-state index is 12.8. The van der Waals surface area contributed by atoms with Crippen LogP contribution in [-0.4, -0.2) is 51.1 Å². The summed E-state index contributed by atoms with van der Waals surface area (Å²) in [6.45, 7) is 5.60. The maximum absolute atomic E-state index is 12.8. The number of carbonyl (C=O) groups excluding carboxylic acids is 2. The number of aromatic nitrogens is 2. The molecule has 1 aliphatic rings. The molecule has 0 radical (unpaired) electrons. The average molecular weight is 431 g/mol. The van der Waals surface area contributed by atoms with Crippen LogP contribution in [0.2, 0.25) is 0 Å². The average Bonchev–Trinajstić information content (AvgIpc) is 3.03. The molecule has 9 nitrogen and oxygen atoms in total. The first-order chi connectivity index (χ1) is 14.6. The summed E-state index contributed by atoms with van der Waals surface area (Å²) in [5, 5.41) is 15.3. The lowest BCUT2D eigenvalue weighted by atomic mass is 9.95. The Morgan fingerprint density at radius 2 is 1.87 bits per heavy atom. The predicted molar refractivity (Wildman–Crippen MR) is 111 cm³/mol. The quantitative estimate of drug-likeness (QED) is 0.726. The molecule has 0 fully saturated rings. The third kappa shape index (κ3) is 5.05. The minimum absolute atomic E-state index is 0.126. The van der Waals surface area contributed by atoms with Crippen molar-refractivity contribution in [3.05, 3.63) is 52.8 Å². The van der Waals surface area contributed by atoms with E-state index in [1.807, 2.05) is 30.3 Å². The van der Waals surface area contributed by atoms with Crippen LogP contribution in [-0.2, 0) is 39.3 Å². The van der Waals surface area contributed by atoms with Crippen molar-refractivity contribution in [3.8, 4) is 0 Å². The van der Waals surface area contributed by atoms with Crippen LogP contribution in [0.15, 0.2) is 30.3 Å². The van der Waals surface area contributed by atoms with Crippen LogP contribution >= 0.6 is 0 Å². The molecule has 168 valence electrons. The number of β-amino-alcohol motifs (C(OH)–C–C–N with tert-alkyl or cyclic N) is 1. The molecule has 2 heterocycles. The van der Waals surface area contributed by atoms with Crippen LogP contribution in [0.1, 0.15) is 55.4 Å².